The molecule has 2 aromatic carbocycles. The standard InChI is InChI=1S/C19H22N2O3/c1-19(2,3)21(18(23)24)16(14-10-6-4-7-11-14)17(22)20-15-12-8-5-9-13-15/h4-13,16H,1-3H3,(H,20,22)(H,23,24). The molecule has 0 aromatic heterocycles. The molecule has 1 unspecified atom stereocenters. The Morgan fingerprint density at radius 3 is 1.92 bits per heavy atom. The molecule has 0 fully saturated rings. The molecule has 0 saturated carbocycles. The zero-order valence-electron chi connectivity index (χ0n) is 14.1. The largest absolute Gasteiger partial charge is 0.465 e. The number of rotatable bonds is 4. The minimum absolute atomic E-state index is 0.385. The Balaban J connectivity index is 2.43. The molecular formula is C19H22N2O3. The van der Waals surface area contributed by atoms with Gasteiger partial charge >= 0.3 is 6.09 Å². The zero-order valence-corrected chi connectivity index (χ0v) is 14.1. The third-order valence-electron chi connectivity index (χ3n) is 3.59. The minimum atomic E-state index is -1.14. The molecule has 0 bridgehead atoms. The van der Waals surface area contributed by atoms with Gasteiger partial charge in [-0.2, -0.15) is 0 Å². The number of anilines is 1. The van der Waals surface area contributed by atoms with E-state index >= 15 is 0 Å². The summed E-state index contributed by atoms with van der Waals surface area (Å²) in [4.78, 5) is 25.9. The second-order valence-electron chi connectivity index (χ2n) is 6.49. The van der Waals surface area contributed by atoms with Gasteiger partial charge in [0.05, 0.1) is 0 Å². The summed E-state index contributed by atoms with van der Waals surface area (Å²) in [5.74, 6) is -0.385. The number of amides is 2. The molecule has 1 atom stereocenters. The van der Waals surface area contributed by atoms with Gasteiger partial charge in [-0.1, -0.05) is 48.5 Å². The summed E-state index contributed by atoms with van der Waals surface area (Å²) in [7, 11) is 0. The highest BCUT2D eigenvalue weighted by Crippen LogP contribution is 2.29. The molecular weight excluding hydrogens is 304 g/mol. The number of hydrogen-bond donors (Lipinski definition) is 2. The second-order valence-corrected chi connectivity index (χ2v) is 6.49. The van der Waals surface area contributed by atoms with Crippen LogP contribution in [0.4, 0.5) is 10.5 Å². The van der Waals surface area contributed by atoms with E-state index in [0.717, 1.165) is 0 Å². The molecule has 2 N–H and O–H groups in total. The Bertz CT molecular complexity index is 694. The average Bonchev–Trinajstić information content (AvgIpc) is 2.52. The number of nitrogens with one attached hydrogen (secondary N) is 1. The number of carbonyl (C=O) groups is 2. The molecule has 0 aliphatic rings. The third kappa shape index (κ3) is 4.13. The first-order valence-electron chi connectivity index (χ1n) is 7.74. The van der Waals surface area contributed by atoms with E-state index in [1.807, 2.05) is 24.3 Å². The lowest BCUT2D eigenvalue weighted by Gasteiger charge is -2.39. The lowest BCUT2D eigenvalue weighted by Crippen LogP contribution is -2.50. The van der Waals surface area contributed by atoms with Crippen LogP contribution < -0.4 is 5.32 Å². The van der Waals surface area contributed by atoms with E-state index in [4.69, 9.17) is 0 Å². The van der Waals surface area contributed by atoms with Crippen molar-refractivity contribution in [2.24, 2.45) is 0 Å². The fourth-order valence-corrected chi connectivity index (χ4v) is 2.57. The molecule has 126 valence electrons. The summed E-state index contributed by atoms with van der Waals surface area (Å²) < 4.78 is 0. The van der Waals surface area contributed by atoms with Crippen LogP contribution in [-0.4, -0.2) is 27.5 Å². The normalized spacial score (nSPS) is 12.3. The lowest BCUT2D eigenvalue weighted by atomic mass is 9.97. The number of carbonyl (C=O) groups excluding carboxylic acids is 1. The van der Waals surface area contributed by atoms with Crippen LogP contribution in [0.5, 0.6) is 0 Å². The van der Waals surface area contributed by atoms with E-state index in [0.29, 0.717) is 11.3 Å². The van der Waals surface area contributed by atoms with E-state index in [-0.39, 0.29) is 5.91 Å². The quantitative estimate of drug-likeness (QED) is 0.887. The van der Waals surface area contributed by atoms with Crippen molar-refractivity contribution in [2.45, 2.75) is 32.4 Å². The van der Waals surface area contributed by atoms with Gasteiger partial charge in [0.2, 0.25) is 0 Å². The van der Waals surface area contributed by atoms with Crippen LogP contribution in [0.15, 0.2) is 60.7 Å². The van der Waals surface area contributed by atoms with Crippen molar-refractivity contribution in [1.29, 1.82) is 0 Å². The predicted octanol–water partition coefficient (Wildman–Crippen LogP) is 4.14. The average molecular weight is 326 g/mol. The van der Waals surface area contributed by atoms with E-state index < -0.39 is 17.7 Å². The van der Waals surface area contributed by atoms with E-state index in [1.165, 1.54) is 4.90 Å². The maximum atomic E-state index is 12.9. The van der Waals surface area contributed by atoms with Gasteiger partial charge in [0.25, 0.3) is 5.91 Å². The van der Waals surface area contributed by atoms with Gasteiger partial charge in [0, 0.05) is 11.2 Å². The van der Waals surface area contributed by atoms with Crippen LogP contribution in [-0.2, 0) is 4.79 Å². The number of nitrogens with zero attached hydrogens (tertiary/aromatic N) is 1. The maximum absolute atomic E-state index is 12.9. The van der Waals surface area contributed by atoms with Gasteiger partial charge in [-0.3, -0.25) is 9.69 Å². The topological polar surface area (TPSA) is 69.6 Å². The van der Waals surface area contributed by atoms with Crippen molar-refractivity contribution in [1.82, 2.24) is 4.90 Å². The van der Waals surface area contributed by atoms with Gasteiger partial charge in [-0.25, -0.2) is 4.79 Å². The molecule has 0 radical (unpaired) electrons. The molecule has 2 amide bonds. The summed E-state index contributed by atoms with van der Waals surface area (Å²) in [6, 6.07) is 17.0. The van der Waals surface area contributed by atoms with Crippen LogP contribution in [0.2, 0.25) is 0 Å². The molecule has 5 nitrogen and oxygen atoms in total. The number of carboxylic acid groups (broad SMARTS) is 1. The van der Waals surface area contributed by atoms with Crippen molar-refractivity contribution < 1.29 is 14.7 Å². The molecule has 2 rings (SSSR count). The monoisotopic (exact) mass is 326 g/mol. The lowest BCUT2D eigenvalue weighted by molar-refractivity contribution is -0.122. The molecule has 2 aromatic rings. The van der Waals surface area contributed by atoms with Gasteiger partial charge in [-0.05, 0) is 38.5 Å². The Hall–Kier alpha value is -2.82. The first-order valence-corrected chi connectivity index (χ1v) is 7.74. The van der Waals surface area contributed by atoms with Gasteiger partial charge in [0.1, 0.15) is 6.04 Å². The van der Waals surface area contributed by atoms with E-state index in [2.05, 4.69) is 5.32 Å². The fraction of sp³-hybridized carbons (Fsp3) is 0.263. The van der Waals surface area contributed by atoms with Crippen molar-refractivity contribution in [3.8, 4) is 0 Å². The Labute approximate surface area is 141 Å². The molecule has 0 heterocycles. The van der Waals surface area contributed by atoms with E-state index in [1.54, 1.807) is 57.2 Å². The van der Waals surface area contributed by atoms with Crippen molar-refractivity contribution >= 4 is 17.7 Å². The van der Waals surface area contributed by atoms with Crippen LogP contribution >= 0.6 is 0 Å². The molecule has 0 saturated heterocycles. The number of benzene rings is 2. The highest BCUT2D eigenvalue weighted by Gasteiger charge is 2.38. The predicted molar refractivity (Wildman–Crippen MR) is 93.9 cm³/mol. The SMILES string of the molecule is CC(C)(C)N(C(=O)O)C(C(=O)Nc1ccccc1)c1ccccc1. The fourth-order valence-electron chi connectivity index (χ4n) is 2.57. The van der Waals surface area contributed by atoms with Crippen molar-refractivity contribution in [2.75, 3.05) is 5.32 Å². The van der Waals surface area contributed by atoms with Crippen LogP contribution in [0.3, 0.4) is 0 Å². The summed E-state index contributed by atoms with van der Waals surface area (Å²) in [6.07, 6.45) is -1.14. The molecule has 0 spiro atoms. The van der Waals surface area contributed by atoms with E-state index in [9.17, 15) is 14.7 Å². The van der Waals surface area contributed by atoms with Crippen LogP contribution in [0.25, 0.3) is 0 Å². The molecule has 0 aliphatic carbocycles. The maximum Gasteiger partial charge on any atom is 0.408 e. The Kier molecular flexibility index (Phi) is 5.24. The first-order chi connectivity index (χ1) is 11.3. The Morgan fingerprint density at radius 2 is 1.46 bits per heavy atom. The highest BCUT2D eigenvalue weighted by atomic mass is 16.4. The van der Waals surface area contributed by atoms with Crippen molar-refractivity contribution in [3.63, 3.8) is 0 Å². The smallest absolute Gasteiger partial charge is 0.408 e. The van der Waals surface area contributed by atoms with Gasteiger partial charge < -0.3 is 10.4 Å². The molecule has 24 heavy (non-hydrogen) atoms. The summed E-state index contributed by atoms with van der Waals surface area (Å²) in [5.41, 5.74) is 0.520. The van der Waals surface area contributed by atoms with Crippen LogP contribution in [0.1, 0.15) is 32.4 Å². The zero-order chi connectivity index (χ0) is 17.7. The molecule has 5 heteroatoms. The third-order valence-corrected chi connectivity index (χ3v) is 3.59. The summed E-state index contributed by atoms with van der Waals surface area (Å²) >= 11 is 0. The molecule has 0 aliphatic heterocycles. The number of para-hydroxylation sites is 1. The second kappa shape index (κ2) is 7.17. The highest BCUT2D eigenvalue weighted by molar-refractivity contribution is 5.97. The van der Waals surface area contributed by atoms with Crippen LogP contribution in [0, 0.1) is 0 Å². The first kappa shape index (κ1) is 17.5. The minimum Gasteiger partial charge on any atom is -0.465 e. The Morgan fingerprint density at radius 1 is 0.958 bits per heavy atom. The van der Waals surface area contributed by atoms with Gasteiger partial charge in [-0.15, -0.1) is 0 Å². The summed E-state index contributed by atoms with van der Waals surface area (Å²) in [5, 5.41) is 12.5. The number of hydrogen-bond acceptors (Lipinski definition) is 2. The van der Waals surface area contributed by atoms with Gasteiger partial charge in [0.15, 0.2) is 0 Å². The van der Waals surface area contributed by atoms with Crippen molar-refractivity contribution in [3.05, 3.63) is 66.2 Å². The summed E-state index contributed by atoms with van der Waals surface area (Å²) in [6.45, 7) is 5.31.